The molecule has 0 aromatic heterocycles. The lowest BCUT2D eigenvalue weighted by atomic mass is 9.73. The maximum atomic E-state index is 6.28. The summed E-state index contributed by atoms with van der Waals surface area (Å²) in [6.07, 6.45) is 5.49. The minimum absolute atomic E-state index is 0.0511. The van der Waals surface area contributed by atoms with Crippen LogP contribution in [0.1, 0.15) is 29.9 Å². The van der Waals surface area contributed by atoms with Gasteiger partial charge in [-0.05, 0) is 36.5 Å². The molecule has 2 N–H and O–H groups in total. The van der Waals surface area contributed by atoms with E-state index in [1.54, 1.807) is 0 Å². The molecule has 1 aromatic carbocycles. The van der Waals surface area contributed by atoms with Gasteiger partial charge in [-0.1, -0.05) is 24.3 Å². The maximum Gasteiger partial charge on any atom is 0.109 e. The zero-order chi connectivity index (χ0) is 11.0. The highest BCUT2D eigenvalue weighted by Gasteiger charge is 2.33. The first kappa shape index (κ1) is 9.91. The van der Waals surface area contributed by atoms with Crippen LogP contribution in [0.25, 0.3) is 0 Å². The Morgan fingerprint density at radius 1 is 1.31 bits per heavy atom. The summed E-state index contributed by atoms with van der Waals surface area (Å²) < 4.78 is 5.65. The lowest BCUT2D eigenvalue weighted by Gasteiger charge is -2.36. The summed E-state index contributed by atoms with van der Waals surface area (Å²) in [6.45, 7) is 0.827. The molecule has 2 heteroatoms. The van der Waals surface area contributed by atoms with E-state index in [0.29, 0.717) is 5.92 Å². The van der Waals surface area contributed by atoms with Crippen molar-refractivity contribution in [3.63, 3.8) is 0 Å². The first-order valence-electron chi connectivity index (χ1n) is 6.02. The van der Waals surface area contributed by atoms with Crippen LogP contribution in [-0.4, -0.2) is 12.6 Å². The quantitative estimate of drug-likeness (QED) is 0.822. The summed E-state index contributed by atoms with van der Waals surface area (Å²) in [5, 5.41) is 0. The molecule has 2 unspecified atom stereocenters. The largest absolute Gasteiger partial charge is 0.497 e. The molecule has 1 aromatic rings. The highest BCUT2D eigenvalue weighted by atomic mass is 16.5. The normalized spacial score (nSPS) is 24.8. The zero-order valence-electron chi connectivity index (χ0n) is 9.36. The van der Waals surface area contributed by atoms with Gasteiger partial charge in [0.25, 0.3) is 0 Å². The van der Waals surface area contributed by atoms with Crippen molar-refractivity contribution >= 4 is 0 Å². The fourth-order valence-corrected chi connectivity index (χ4v) is 2.63. The van der Waals surface area contributed by atoms with Gasteiger partial charge in [0.1, 0.15) is 5.76 Å². The van der Waals surface area contributed by atoms with Gasteiger partial charge in [0.15, 0.2) is 0 Å². The smallest absolute Gasteiger partial charge is 0.109 e. The SMILES string of the molecule is NC(C1=CCCCO1)C1Cc2ccccc21. The monoisotopic (exact) mass is 215 g/mol. The topological polar surface area (TPSA) is 35.2 Å². The van der Waals surface area contributed by atoms with Gasteiger partial charge in [-0.2, -0.15) is 0 Å². The van der Waals surface area contributed by atoms with E-state index in [0.717, 1.165) is 31.6 Å². The minimum Gasteiger partial charge on any atom is -0.497 e. The van der Waals surface area contributed by atoms with E-state index in [2.05, 4.69) is 30.3 Å². The van der Waals surface area contributed by atoms with Crippen LogP contribution in [0.3, 0.4) is 0 Å². The number of hydrogen-bond donors (Lipinski definition) is 1. The van der Waals surface area contributed by atoms with E-state index in [4.69, 9.17) is 10.5 Å². The van der Waals surface area contributed by atoms with Gasteiger partial charge in [-0.3, -0.25) is 0 Å². The van der Waals surface area contributed by atoms with Crippen LogP contribution in [-0.2, 0) is 11.2 Å². The average molecular weight is 215 g/mol. The molecular formula is C14H17NO. The van der Waals surface area contributed by atoms with Crippen LogP contribution in [0.5, 0.6) is 0 Å². The predicted molar refractivity (Wildman–Crippen MR) is 64.1 cm³/mol. The Hall–Kier alpha value is -1.28. The molecule has 1 heterocycles. The predicted octanol–water partition coefficient (Wildman–Crippen LogP) is 2.35. The first-order valence-corrected chi connectivity index (χ1v) is 6.02. The Balaban J connectivity index is 1.78. The molecule has 16 heavy (non-hydrogen) atoms. The van der Waals surface area contributed by atoms with Crippen molar-refractivity contribution in [2.24, 2.45) is 5.73 Å². The van der Waals surface area contributed by atoms with Crippen molar-refractivity contribution in [2.45, 2.75) is 31.2 Å². The molecule has 0 fully saturated rings. The molecular weight excluding hydrogens is 198 g/mol. The lowest BCUT2D eigenvalue weighted by molar-refractivity contribution is 0.167. The summed E-state index contributed by atoms with van der Waals surface area (Å²) >= 11 is 0. The first-order chi connectivity index (χ1) is 7.86. The van der Waals surface area contributed by atoms with E-state index in [-0.39, 0.29) is 6.04 Å². The van der Waals surface area contributed by atoms with Gasteiger partial charge in [-0.25, -0.2) is 0 Å². The number of ether oxygens (including phenoxy) is 1. The molecule has 0 saturated carbocycles. The number of nitrogens with two attached hydrogens (primary N) is 1. The summed E-state index contributed by atoms with van der Waals surface area (Å²) in [6, 6.07) is 8.61. The second-order valence-electron chi connectivity index (χ2n) is 4.63. The van der Waals surface area contributed by atoms with E-state index < -0.39 is 0 Å². The van der Waals surface area contributed by atoms with Gasteiger partial charge in [0.2, 0.25) is 0 Å². The Labute approximate surface area is 96.1 Å². The zero-order valence-corrected chi connectivity index (χ0v) is 9.36. The molecule has 2 atom stereocenters. The third-order valence-corrected chi connectivity index (χ3v) is 3.62. The van der Waals surface area contributed by atoms with Gasteiger partial charge in [-0.15, -0.1) is 0 Å². The molecule has 2 nitrogen and oxygen atoms in total. The molecule has 0 radical (unpaired) electrons. The van der Waals surface area contributed by atoms with Gasteiger partial charge < -0.3 is 10.5 Å². The van der Waals surface area contributed by atoms with Crippen LogP contribution >= 0.6 is 0 Å². The molecule has 0 bridgehead atoms. The van der Waals surface area contributed by atoms with Crippen molar-refractivity contribution < 1.29 is 4.74 Å². The Bertz CT molecular complexity index is 424. The molecule has 0 saturated heterocycles. The average Bonchev–Trinajstić information content (AvgIpc) is 2.32. The van der Waals surface area contributed by atoms with Crippen LogP contribution in [0.2, 0.25) is 0 Å². The van der Waals surface area contributed by atoms with Gasteiger partial charge in [0.05, 0.1) is 12.6 Å². The molecule has 0 spiro atoms. The van der Waals surface area contributed by atoms with Crippen LogP contribution in [0.15, 0.2) is 36.1 Å². The summed E-state index contributed by atoms with van der Waals surface area (Å²) in [5.74, 6) is 1.46. The van der Waals surface area contributed by atoms with E-state index in [9.17, 15) is 0 Å². The lowest BCUT2D eigenvalue weighted by Crippen LogP contribution is -2.38. The third-order valence-electron chi connectivity index (χ3n) is 3.62. The summed E-state index contributed by atoms with van der Waals surface area (Å²) in [4.78, 5) is 0. The van der Waals surface area contributed by atoms with Crippen LogP contribution < -0.4 is 5.73 Å². The van der Waals surface area contributed by atoms with E-state index in [1.165, 1.54) is 11.1 Å². The van der Waals surface area contributed by atoms with Crippen molar-refractivity contribution in [3.8, 4) is 0 Å². The van der Waals surface area contributed by atoms with E-state index in [1.807, 2.05) is 0 Å². The fourth-order valence-electron chi connectivity index (χ4n) is 2.63. The van der Waals surface area contributed by atoms with Gasteiger partial charge in [0, 0.05) is 5.92 Å². The Kier molecular flexibility index (Phi) is 2.44. The second kappa shape index (κ2) is 3.95. The van der Waals surface area contributed by atoms with Gasteiger partial charge >= 0.3 is 0 Å². The molecule has 1 aliphatic carbocycles. The Morgan fingerprint density at radius 3 is 2.94 bits per heavy atom. The number of hydrogen-bond acceptors (Lipinski definition) is 2. The highest BCUT2D eigenvalue weighted by Crippen LogP contribution is 2.39. The molecule has 84 valence electrons. The number of rotatable bonds is 2. The van der Waals surface area contributed by atoms with Crippen LogP contribution in [0, 0.1) is 0 Å². The molecule has 2 aliphatic rings. The Morgan fingerprint density at radius 2 is 2.19 bits per heavy atom. The number of fused-ring (bicyclic) bond motifs is 1. The maximum absolute atomic E-state index is 6.28. The number of allylic oxidation sites excluding steroid dienone is 1. The third kappa shape index (κ3) is 1.54. The molecule has 0 amide bonds. The standard InChI is InChI=1S/C14H17NO/c15-14(13-7-3-4-8-16-13)12-9-10-5-1-2-6-11(10)12/h1-2,5-7,12,14H,3-4,8-9,15H2. The van der Waals surface area contributed by atoms with Crippen molar-refractivity contribution in [1.29, 1.82) is 0 Å². The summed E-state index contributed by atoms with van der Waals surface area (Å²) in [7, 11) is 0. The van der Waals surface area contributed by atoms with Crippen molar-refractivity contribution in [1.82, 2.24) is 0 Å². The molecule has 3 rings (SSSR count). The van der Waals surface area contributed by atoms with Crippen LogP contribution in [0.4, 0.5) is 0 Å². The summed E-state index contributed by atoms with van der Waals surface area (Å²) in [5.41, 5.74) is 9.13. The second-order valence-corrected chi connectivity index (χ2v) is 4.63. The highest BCUT2D eigenvalue weighted by molar-refractivity contribution is 5.42. The van der Waals surface area contributed by atoms with E-state index >= 15 is 0 Å². The molecule has 1 aliphatic heterocycles. The van der Waals surface area contributed by atoms with Crippen molar-refractivity contribution in [2.75, 3.05) is 6.61 Å². The fraction of sp³-hybridized carbons (Fsp3) is 0.429. The minimum atomic E-state index is 0.0511. The number of benzene rings is 1. The van der Waals surface area contributed by atoms with Crippen molar-refractivity contribution in [3.05, 3.63) is 47.2 Å².